The topological polar surface area (TPSA) is 83.4 Å². The molecule has 0 saturated heterocycles. The van der Waals surface area contributed by atoms with E-state index in [4.69, 9.17) is 9.47 Å². The average molecular weight is 357 g/mol. The summed E-state index contributed by atoms with van der Waals surface area (Å²) in [6.45, 7) is 1.86. The van der Waals surface area contributed by atoms with Crippen molar-refractivity contribution in [1.82, 2.24) is 10.6 Å². The predicted octanol–water partition coefficient (Wildman–Crippen LogP) is 3.21. The van der Waals surface area contributed by atoms with E-state index < -0.39 is 5.91 Å². The number of hydrogen-bond donors (Lipinski definition) is 2. The number of nitrogens with one attached hydrogen (secondary N) is 2. The highest BCUT2D eigenvalue weighted by Crippen LogP contribution is 2.29. The zero-order valence-electron chi connectivity index (χ0n) is 15.7. The molecule has 0 aliphatic heterocycles. The van der Waals surface area contributed by atoms with E-state index in [1.165, 1.54) is 19.3 Å². The number of methoxy groups -OCH3 is 2. The van der Waals surface area contributed by atoms with Gasteiger partial charge < -0.3 is 20.1 Å². The van der Waals surface area contributed by atoms with Gasteiger partial charge in [-0.25, -0.2) is 0 Å². The van der Waals surface area contributed by atoms with Gasteiger partial charge in [0.1, 0.15) is 11.6 Å². The van der Waals surface area contributed by atoms with Gasteiger partial charge in [-0.15, -0.1) is 0 Å². The summed E-state index contributed by atoms with van der Waals surface area (Å²) in [5.74, 6) is 0.836. The molecule has 26 heavy (non-hydrogen) atoms. The van der Waals surface area contributed by atoms with Crippen LogP contribution in [0.25, 0.3) is 0 Å². The Morgan fingerprint density at radius 3 is 2.54 bits per heavy atom. The zero-order chi connectivity index (χ0) is 18.9. The Hall–Kier alpha value is -2.68. The van der Waals surface area contributed by atoms with Gasteiger partial charge in [0.05, 0.1) is 20.3 Å². The van der Waals surface area contributed by atoms with E-state index in [0.717, 1.165) is 18.4 Å². The highest BCUT2D eigenvalue weighted by Gasteiger charge is 2.17. The summed E-state index contributed by atoms with van der Waals surface area (Å²) in [5.41, 5.74) is 0.955. The van der Waals surface area contributed by atoms with Crippen LogP contribution < -0.4 is 20.1 Å². The van der Waals surface area contributed by atoms with Gasteiger partial charge in [0, 0.05) is 12.2 Å². The molecule has 6 heteroatoms. The van der Waals surface area contributed by atoms with Gasteiger partial charge in [0.25, 0.3) is 5.91 Å². The van der Waals surface area contributed by atoms with Crippen molar-refractivity contribution in [3.8, 4) is 17.6 Å². The summed E-state index contributed by atoms with van der Waals surface area (Å²) in [6.07, 6.45) is 7.35. The number of carbonyl (C=O) groups excluding carboxylic acids is 1. The number of amides is 1. The first-order valence-electron chi connectivity index (χ1n) is 8.98. The summed E-state index contributed by atoms with van der Waals surface area (Å²) >= 11 is 0. The van der Waals surface area contributed by atoms with Crippen molar-refractivity contribution in [1.29, 1.82) is 5.26 Å². The smallest absolute Gasteiger partial charge is 0.263 e. The summed E-state index contributed by atoms with van der Waals surface area (Å²) in [6, 6.07) is 7.54. The summed E-state index contributed by atoms with van der Waals surface area (Å²) < 4.78 is 10.5. The Kier molecular flexibility index (Phi) is 7.34. The fourth-order valence-electron chi connectivity index (χ4n) is 3.10. The first-order chi connectivity index (χ1) is 12.6. The molecule has 1 fully saturated rings. The van der Waals surface area contributed by atoms with E-state index in [1.54, 1.807) is 26.5 Å². The van der Waals surface area contributed by atoms with Crippen LogP contribution in [0.2, 0.25) is 0 Å². The Bertz CT molecular complexity index is 688. The van der Waals surface area contributed by atoms with Gasteiger partial charge in [0.15, 0.2) is 11.5 Å². The monoisotopic (exact) mass is 357 g/mol. The van der Waals surface area contributed by atoms with Crippen molar-refractivity contribution in [2.24, 2.45) is 0 Å². The average Bonchev–Trinajstić information content (AvgIpc) is 2.68. The highest BCUT2D eigenvalue weighted by atomic mass is 16.5. The van der Waals surface area contributed by atoms with Crippen LogP contribution in [0.1, 0.15) is 50.6 Å². The zero-order valence-corrected chi connectivity index (χ0v) is 15.7. The molecule has 1 aliphatic rings. The van der Waals surface area contributed by atoms with Crippen molar-refractivity contribution < 1.29 is 14.3 Å². The lowest BCUT2D eigenvalue weighted by molar-refractivity contribution is -0.117. The molecule has 0 spiro atoms. The minimum Gasteiger partial charge on any atom is -0.493 e. The van der Waals surface area contributed by atoms with Gasteiger partial charge in [-0.3, -0.25) is 4.79 Å². The molecule has 1 aromatic rings. The van der Waals surface area contributed by atoms with Crippen LogP contribution in [0.5, 0.6) is 11.5 Å². The minimum atomic E-state index is -0.391. The standard InChI is InChI=1S/C20H27N3O3/c1-14(15-9-10-18(25-2)19(11-15)26-3)23-20(24)16(12-21)13-22-17-7-5-4-6-8-17/h9-11,13-14,17,22H,4-8H2,1-3H3,(H,23,24)/b16-13-. The first kappa shape index (κ1) is 19.6. The van der Waals surface area contributed by atoms with Gasteiger partial charge in [-0.1, -0.05) is 25.3 Å². The first-order valence-corrected chi connectivity index (χ1v) is 8.98. The fraction of sp³-hybridized carbons (Fsp3) is 0.500. The Balaban J connectivity index is 2.01. The van der Waals surface area contributed by atoms with E-state index in [-0.39, 0.29) is 11.6 Å². The van der Waals surface area contributed by atoms with Gasteiger partial charge in [-0.05, 0) is 37.5 Å². The predicted molar refractivity (Wildman–Crippen MR) is 99.8 cm³/mol. The lowest BCUT2D eigenvalue weighted by Crippen LogP contribution is -2.31. The van der Waals surface area contributed by atoms with E-state index in [0.29, 0.717) is 17.5 Å². The molecule has 1 saturated carbocycles. The molecule has 140 valence electrons. The third kappa shape index (κ3) is 5.16. The molecular weight excluding hydrogens is 330 g/mol. The molecule has 1 atom stereocenters. The minimum absolute atomic E-state index is 0.0860. The van der Waals surface area contributed by atoms with Crippen molar-refractivity contribution >= 4 is 5.91 Å². The number of ether oxygens (including phenoxy) is 2. The summed E-state index contributed by atoms with van der Waals surface area (Å²) in [7, 11) is 3.14. The van der Waals surface area contributed by atoms with E-state index in [2.05, 4.69) is 10.6 Å². The Morgan fingerprint density at radius 1 is 1.23 bits per heavy atom. The van der Waals surface area contributed by atoms with Crippen LogP contribution in [0.15, 0.2) is 30.0 Å². The molecule has 0 aromatic heterocycles. The van der Waals surface area contributed by atoms with Gasteiger partial charge in [0.2, 0.25) is 0 Å². The van der Waals surface area contributed by atoms with Crippen LogP contribution in [0.4, 0.5) is 0 Å². The molecular formula is C20H27N3O3. The maximum absolute atomic E-state index is 12.4. The van der Waals surface area contributed by atoms with Crippen LogP contribution in [-0.2, 0) is 4.79 Å². The second-order valence-electron chi connectivity index (χ2n) is 6.48. The SMILES string of the molecule is COc1ccc(C(C)NC(=O)/C(C#N)=C\NC2CCCCC2)cc1OC. The van der Waals surface area contributed by atoms with Crippen LogP contribution in [-0.4, -0.2) is 26.2 Å². The van der Waals surface area contributed by atoms with Crippen molar-refractivity contribution in [2.45, 2.75) is 51.1 Å². The lowest BCUT2D eigenvalue weighted by Gasteiger charge is -2.22. The lowest BCUT2D eigenvalue weighted by atomic mass is 9.96. The quantitative estimate of drug-likeness (QED) is 0.578. The Morgan fingerprint density at radius 2 is 1.92 bits per heavy atom. The normalized spacial score (nSPS) is 16.3. The van der Waals surface area contributed by atoms with Crippen molar-refractivity contribution in [3.05, 3.63) is 35.5 Å². The van der Waals surface area contributed by atoms with Gasteiger partial charge >= 0.3 is 0 Å². The second-order valence-corrected chi connectivity index (χ2v) is 6.48. The molecule has 6 nitrogen and oxygen atoms in total. The molecule has 0 heterocycles. The van der Waals surface area contributed by atoms with Crippen LogP contribution in [0, 0.1) is 11.3 Å². The largest absolute Gasteiger partial charge is 0.493 e. The number of nitriles is 1. The van der Waals surface area contributed by atoms with E-state index in [1.807, 2.05) is 25.1 Å². The second kappa shape index (κ2) is 9.71. The molecule has 2 rings (SSSR count). The fourth-order valence-corrected chi connectivity index (χ4v) is 3.10. The number of benzene rings is 1. The van der Waals surface area contributed by atoms with Crippen molar-refractivity contribution in [3.63, 3.8) is 0 Å². The summed E-state index contributed by atoms with van der Waals surface area (Å²) in [5, 5.41) is 15.4. The molecule has 1 unspecified atom stereocenters. The third-order valence-electron chi connectivity index (χ3n) is 4.69. The van der Waals surface area contributed by atoms with E-state index >= 15 is 0 Å². The maximum Gasteiger partial charge on any atom is 0.263 e. The number of hydrogen-bond acceptors (Lipinski definition) is 5. The maximum atomic E-state index is 12.4. The molecule has 2 N–H and O–H groups in total. The van der Waals surface area contributed by atoms with Crippen LogP contribution >= 0.6 is 0 Å². The molecule has 1 amide bonds. The van der Waals surface area contributed by atoms with Gasteiger partial charge in [-0.2, -0.15) is 5.26 Å². The number of carbonyl (C=O) groups is 1. The molecule has 0 radical (unpaired) electrons. The van der Waals surface area contributed by atoms with Crippen LogP contribution in [0.3, 0.4) is 0 Å². The number of nitrogens with zero attached hydrogens (tertiary/aromatic N) is 1. The third-order valence-corrected chi connectivity index (χ3v) is 4.69. The molecule has 1 aromatic carbocycles. The van der Waals surface area contributed by atoms with Crippen molar-refractivity contribution in [2.75, 3.05) is 14.2 Å². The van der Waals surface area contributed by atoms with E-state index in [9.17, 15) is 10.1 Å². The number of rotatable bonds is 7. The highest BCUT2D eigenvalue weighted by molar-refractivity contribution is 5.97. The summed E-state index contributed by atoms with van der Waals surface area (Å²) in [4.78, 5) is 12.4. The Labute approximate surface area is 155 Å². The molecule has 0 bridgehead atoms. The molecule has 1 aliphatic carbocycles.